The van der Waals surface area contributed by atoms with Crippen molar-refractivity contribution in [2.75, 3.05) is 0 Å². The molecule has 0 N–H and O–H groups in total. The number of nitrogens with zero attached hydrogens (tertiary/aromatic N) is 4. The zero-order valence-corrected chi connectivity index (χ0v) is 13.6. The fourth-order valence-electron chi connectivity index (χ4n) is 1.42. The highest BCUT2D eigenvalue weighted by molar-refractivity contribution is 9.11. The molecule has 2 aromatic rings. The Kier molecular flexibility index (Phi) is 4.71. The van der Waals surface area contributed by atoms with Crippen molar-refractivity contribution < 1.29 is 4.74 Å². The van der Waals surface area contributed by atoms with Crippen LogP contribution in [0.2, 0.25) is 0 Å². The Morgan fingerprint density at radius 1 is 1.26 bits per heavy atom. The number of rotatable bonds is 4. The molecule has 0 fully saturated rings. The molecule has 2 rings (SSSR count). The summed E-state index contributed by atoms with van der Waals surface area (Å²) >= 11 is 6.95. The molecule has 0 atom stereocenters. The molecule has 0 spiro atoms. The van der Waals surface area contributed by atoms with E-state index in [9.17, 15) is 0 Å². The van der Waals surface area contributed by atoms with Gasteiger partial charge in [-0.25, -0.2) is 4.68 Å². The van der Waals surface area contributed by atoms with E-state index in [-0.39, 0.29) is 6.10 Å². The maximum absolute atomic E-state index is 5.80. The summed E-state index contributed by atoms with van der Waals surface area (Å²) < 4.78 is 9.14. The molecular formula is C12H12Br2N4O. The van der Waals surface area contributed by atoms with Crippen LogP contribution in [0.1, 0.15) is 19.4 Å². The molecule has 5 nitrogen and oxygen atoms in total. The third kappa shape index (κ3) is 3.87. The van der Waals surface area contributed by atoms with Crippen LogP contribution in [0, 0.1) is 0 Å². The van der Waals surface area contributed by atoms with E-state index in [2.05, 4.69) is 47.2 Å². The molecule has 100 valence electrons. The molecular weight excluding hydrogens is 376 g/mol. The topological polar surface area (TPSA) is 52.3 Å². The lowest BCUT2D eigenvalue weighted by atomic mass is 10.2. The summed E-state index contributed by atoms with van der Waals surface area (Å²) in [5.74, 6) is 0.759. The van der Waals surface area contributed by atoms with Crippen LogP contribution in [0.5, 0.6) is 5.75 Å². The first-order valence-electron chi connectivity index (χ1n) is 5.61. The molecule has 0 aliphatic heterocycles. The van der Waals surface area contributed by atoms with Gasteiger partial charge in [-0.3, -0.25) is 0 Å². The Balaban J connectivity index is 2.37. The summed E-state index contributed by atoms with van der Waals surface area (Å²) in [6.45, 7) is 3.96. The summed E-state index contributed by atoms with van der Waals surface area (Å²) in [6.07, 6.45) is 4.83. The van der Waals surface area contributed by atoms with E-state index in [0.717, 1.165) is 20.3 Å². The Hall–Kier alpha value is -1.21. The van der Waals surface area contributed by atoms with Crippen LogP contribution in [0.15, 0.2) is 38.8 Å². The minimum Gasteiger partial charge on any atom is -0.489 e. The lowest BCUT2D eigenvalue weighted by Crippen LogP contribution is -2.08. The van der Waals surface area contributed by atoms with Crippen LogP contribution >= 0.6 is 31.9 Å². The summed E-state index contributed by atoms with van der Waals surface area (Å²) in [7, 11) is 0. The highest BCUT2D eigenvalue weighted by Gasteiger charge is 2.10. The van der Waals surface area contributed by atoms with Gasteiger partial charge in [0.05, 0.1) is 16.8 Å². The second-order valence-electron chi connectivity index (χ2n) is 4.06. The van der Waals surface area contributed by atoms with Crippen LogP contribution in [0.4, 0.5) is 0 Å². The third-order valence-electron chi connectivity index (χ3n) is 2.13. The minimum absolute atomic E-state index is 0.0829. The van der Waals surface area contributed by atoms with Crippen molar-refractivity contribution >= 4 is 38.1 Å². The zero-order valence-electron chi connectivity index (χ0n) is 10.4. The van der Waals surface area contributed by atoms with Crippen molar-refractivity contribution in [3.8, 4) is 5.75 Å². The largest absolute Gasteiger partial charge is 0.489 e. The van der Waals surface area contributed by atoms with Crippen molar-refractivity contribution in [2.24, 2.45) is 5.10 Å². The van der Waals surface area contributed by atoms with Gasteiger partial charge in [0.2, 0.25) is 0 Å². The van der Waals surface area contributed by atoms with Gasteiger partial charge in [-0.05, 0) is 41.9 Å². The quantitative estimate of drug-likeness (QED) is 0.754. The standard InChI is InChI=1S/C12H12Br2N4O/c1-8(2)19-12-9(3-10(13)4-11(12)14)5-17-18-6-15-16-7-18/h3-8H,1-2H3/b17-5-. The summed E-state index contributed by atoms with van der Waals surface area (Å²) in [5.41, 5.74) is 0.864. The third-order valence-corrected chi connectivity index (χ3v) is 3.17. The summed E-state index contributed by atoms with van der Waals surface area (Å²) in [5, 5.41) is 11.6. The maximum atomic E-state index is 5.80. The fourth-order valence-corrected chi connectivity index (χ4v) is 2.77. The Bertz CT molecular complexity index is 582. The monoisotopic (exact) mass is 386 g/mol. The van der Waals surface area contributed by atoms with E-state index < -0.39 is 0 Å². The van der Waals surface area contributed by atoms with E-state index >= 15 is 0 Å². The molecule has 1 aromatic heterocycles. The van der Waals surface area contributed by atoms with Crippen LogP contribution < -0.4 is 4.74 Å². The molecule has 1 heterocycles. The second-order valence-corrected chi connectivity index (χ2v) is 5.83. The fraction of sp³-hybridized carbons (Fsp3) is 0.250. The van der Waals surface area contributed by atoms with Gasteiger partial charge < -0.3 is 4.74 Å². The molecule has 0 amide bonds. The first-order valence-corrected chi connectivity index (χ1v) is 7.19. The normalized spacial score (nSPS) is 11.4. The second kappa shape index (κ2) is 6.29. The predicted octanol–water partition coefficient (Wildman–Crippen LogP) is 3.47. The number of hydrogen-bond donors (Lipinski definition) is 0. The van der Waals surface area contributed by atoms with E-state index in [0.29, 0.717) is 0 Å². The highest BCUT2D eigenvalue weighted by Crippen LogP contribution is 2.32. The summed E-state index contributed by atoms with van der Waals surface area (Å²) in [6, 6.07) is 3.88. The lowest BCUT2D eigenvalue weighted by molar-refractivity contribution is 0.240. The Morgan fingerprint density at radius 2 is 1.95 bits per heavy atom. The average molecular weight is 388 g/mol. The van der Waals surface area contributed by atoms with E-state index in [1.54, 1.807) is 6.21 Å². The molecule has 0 saturated heterocycles. The predicted molar refractivity (Wildman–Crippen MR) is 80.6 cm³/mol. The molecule has 0 unspecified atom stereocenters. The van der Waals surface area contributed by atoms with Gasteiger partial charge in [0.15, 0.2) is 0 Å². The Labute approximate surface area is 127 Å². The molecule has 19 heavy (non-hydrogen) atoms. The number of halogens is 2. The molecule has 7 heteroatoms. The number of benzene rings is 1. The summed E-state index contributed by atoms with van der Waals surface area (Å²) in [4.78, 5) is 0. The van der Waals surface area contributed by atoms with Crippen molar-refractivity contribution in [1.82, 2.24) is 14.9 Å². The minimum atomic E-state index is 0.0829. The van der Waals surface area contributed by atoms with E-state index in [1.165, 1.54) is 17.3 Å². The Morgan fingerprint density at radius 3 is 2.58 bits per heavy atom. The average Bonchev–Trinajstić information content (AvgIpc) is 2.83. The van der Waals surface area contributed by atoms with Gasteiger partial charge in [0, 0.05) is 10.0 Å². The van der Waals surface area contributed by atoms with Gasteiger partial charge in [-0.15, -0.1) is 10.2 Å². The van der Waals surface area contributed by atoms with E-state index in [1.807, 2.05) is 26.0 Å². The molecule has 0 saturated carbocycles. The molecule has 1 aromatic carbocycles. The lowest BCUT2D eigenvalue weighted by Gasteiger charge is -2.14. The maximum Gasteiger partial charge on any atom is 0.142 e. The van der Waals surface area contributed by atoms with Gasteiger partial charge in [-0.1, -0.05) is 15.9 Å². The number of ether oxygens (including phenoxy) is 1. The zero-order chi connectivity index (χ0) is 13.8. The van der Waals surface area contributed by atoms with Gasteiger partial charge in [-0.2, -0.15) is 5.10 Å². The molecule has 0 aliphatic carbocycles. The van der Waals surface area contributed by atoms with E-state index in [4.69, 9.17) is 4.74 Å². The van der Waals surface area contributed by atoms with Crippen molar-refractivity contribution in [3.63, 3.8) is 0 Å². The van der Waals surface area contributed by atoms with Crippen LogP contribution in [0.25, 0.3) is 0 Å². The van der Waals surface area contributed by atoms with Crippen LogP contribution in [-0.2, 0) is 0 Å². The number of hydrogen-bond acceptors (Lipinski definition) is 4. The van der Waals surface area contributed by atoms with Gasteiger partial charge in [0.1, 0.15) is 18.4 Å². The van der Waals surface area contributed by atoms with Crippen molar-refractivity contribution in [2.45, 2.75) is 20.0 Å². The van der Waals surface area contributed by atoms with Crippen LogP contribution in [0.3, 0.4) is 0 Å². The SMILES string of the molecule is CC(C)Oc1c(Br)cc(Br)cc1/C=N\n1cnnc1. The van der Waals surface area contributed by atoms with Gasteiger partial charge in [0.25, 0.3) is 0 Å². The van der Waals surface area contributed by atoms with Gasteiger partial charge >= 0.3 is 0 Å². The molecule has 0 bridgehead atoms. The first kappa shape index (κ1) is 14.2. The number of aromatic nitrogens is 3. The highest BCUT2D eigenvalue weighted by atomic mass is 79.9. The van der Waals surface area contributed by atoms with Crippen LogP contribution in [-0.4, -0.2) is 27.2 Å². The van der Waals surface area contributed by atoms with Crippen molar-refractivity contribution in [1.29, 1.82) is 0 Å². The first-order chi connectivity index (χ1) is 9.06. The smallest absolute Gasteiger partial charge is 0.142 e. The van der Waals surface area contributed by atoms with Crippen molar-refractivity contribution in [3.05, 3.63) is 39.3 Å². The molecule has 0 radical (unpaired) electrons. The molecule has 0 aliphatic rings.